The Kier molecular flexibility index (Phi) is 4.42. The van der Waals surface area contributed by atoms with Gasteiger partial charge in [-0.05, 0) is 44.9 Å². The highest BCUT2D eigenvalue weighted by atomic mass is 19.1. The van der Waals surface area contributed by atoms with E-state index < -0.39 is 17.2 Å². The van der Waals surface area contributed by atoms with Gasteiger partial charge in [0.15, 0.2) is 0 Å². The lowest BCUT2D eigenvalue weighted by Crippen LogP contribution is -2.44. The number of pyridine rings is 1. The quantitative estimate of drug-likeness (QED) is 0.895. The van der Waals surface area contributed by atoms with Crippen LogP contribution in [0.1, 0.15) is 30.1 Å². The van der Waals surface area contributed by atoms with E-state index in [-0.39, 0.29) is 17.0 Å². The minimum absolute atomic E-state index is 0.120. The van der Waals surface area contributed by atoms with Gasteiger partial charge in [-0.25, -0.2) is 9.18 Å². The van der Waals surface area contributed by atoms with Gasteiger partial charge in [-0.1, -0.05) is 0 Å². The molecule has 2 atom stereocenters. The van der Waals surface area contributed by atoms with Crippen molar-refractivity contribution in [2.24, 2.45) is 5.92 Å². The summed E-state index contributed by atoms with van der Waals surface area (Å²) >= 11 is 0. The molecule has 2 unspecified atom stereocenters. The number of carboxylic acid groups (broad SMARTS) is 1. The van der Waals surface area contributed by atoms with Crippen LogP contribution in [0.5, 0.6) is 0 Å². The molecular weight excluding hydrogens is 349 g/mol. The summed E-state index contributed by atoms with van der Waals surface area (Å²) in [6, 6.07) is 3.19. The molecule has 144 valence electrons. The molecule has 6 nitrogen and oxygen atoms in total. The van der Waals surface area contributed by atoms with E-state index in [2.05, 4.69) is 16.8 Å². The first-order chi connectivity index (χ1) is 12.9. The van der Waals surface area contributed by atoms with Gasteiger partial charge in [0.25, 0.3) is 0 Å². The summed E-state index contributed by atoms with van der Waals surface area (Å²) in [7, 11) is 2.10. The zero-order chi connectivity index (χ0) is 19.3. The molecule has 3 aliphatic heterocycles. The van der Waals surface area contributed by atoms with Crippen molar-refractivity contribution in [2.45, 2.75) is 32.4 Å². The number of carboxylic acids is 1. The normalized spacial score (nSPS) is 23.0. The van der Waals surface area contributed by atoms with Gasteiger partial charge < -0.3 is 19.5 Å². The van der Waals surface area contributed by atoms with E-state index in [0.29, 0.717) is 23.7 Å². The van der Waals surface area contributed by atoms with Crippen LogP contribution in [0.2, 0.25) is 0 Å². The van der Waals surface area contributed by atoms with Gasteiger partial charge in [0, 0.05) is 43.8 Å². The monoisotopic (exact) mass is 373 g/mol. The second kappa shape index (κ2) is 6.64. The Morgan fingerprint density at radius 3 is 2.74 bits per heavy atom. The first-order valence-electron chi connectivity index (χ1n) is 9.44. The van der Waals surface area contributed by atoms with E-state index in [0.717, 1.165) is 32.5 Å². The first kappa shape index (κ1) is 18.0. The van der Waals surface area contributed by atoms with Crippen LogP contribution in [0.25, 0.3) is 10.9 Å². The third kappa shape index (κ3) is 3.00. The largest absolute Gasteiger partial charge is 0.477 e. The Hall–Kier alpha value is -2.41. The molecule has 3 fully saturated rings. The van der Waals surface area contributed by atoms with Gasteiger partial charge in [-0.3, -0.25) is 4.79 Å². The van der Waals surface area contributed by atoms with Crippen molar-refractivity contribution in [3.8, 4) is 0 Å². The standard InChI is InChI=1S/C20H24FN3O3/c1-3-23-11-15(20(26)27)19(25)14-6-16(21)18(7-17(14)23)24-9-12-4-5-13(24)10-22(2)8-12/h6-7,11-13H,3-5,8-10H2,1-2H3,(H,26,27). The van der Waals surface area contributed by atoms with Crippen LogP contribution in [-0.2, 0) is 6.54 Å². The van der Waals surface area contributed by atoms with Crippen LogP contribution in [0.3, 0.4) is 0 Å². The molecule has 1 aromatic heterocycles. The number of fused-ring (bicyclic) bond motifs is 5. The van der Waals surface area contributed by atoms with Gasteiger partial charge in [0.1, 0.15) is 11.4 Å². The van der Waals surface area contributed by atoms with Gasteiger partial charge in [0.2, 0.25) is 5.43 Å². The van der Waals surface area contributed by atoms with Crippen LogP contribution in [0.4, 0.5) is 10.1 Å². The molecular formula is C20H24FN3O3. The fraction of sp³-hybridized carbons (Fsp3) is 0.500. The van der Waals surface area contributed by atoms with Gasteiger partial charge >= 0.3 is 5.97 Å². The van der Waals surface area contributed by atoms with Crippen LogP contribution >= 0.6 is 0 Å². The third-order valence-corrected chi connectivity index (χ3v) is 5.93. The number of hydrogen-bond acceptors (Lipinski definition) is 4. The van der Waals surface area contributed by atoms with E-state index in [9.17, 15) is 14.7 Å². The topological polar surface area (TPSA) is 65.8 Å². The van der Waals surface area contributed by atoms with Crippen LogP contribution in [0, 0.1) is 11.7 Å². The van der Waals surface area contributed by atoms with Crippen molar-refractivity contribution in [2.75, 3.05) is 31.6 Å². The molecule has 0 saturated carbocycles. The molecule has 2 aromatic rings. The van der Waals surface area contributed by atoms with Crippen LogP contribution < -0.4 is 10.3 Å². The number of anilines is 1. The third-order valence-electron chi connectivity index (χ3n) is 5.93. The summed E-state index contributed by atoms with van der Waals surface area (Å²) in [4.78, 5) is 28.3. The van der Waals surface area contributed by atoms with Gasteiger partial charge in [-0.2, -0.15) is 0 Å². The summed E-state index contributed by atoms with van der Waals surface area (Å²) in [6.45, 7) is 5.09. The molecule has 7 heteroatoms. The number of halogens is 1. The minimum atomic E-state index is -1.29. The molecule has 2 bridgehead atoms. The highest BCUT2D eigenvalue weighted by Gasteiger charge is 2.35. The SMILES string of the molecule is CCn1cc(C(=O)O)c(=O)c2cc(F)c(N3CC4CCC3CN(C)C4)cc21. The predicted molar refractivity (Wildman–Crippen MR) is 102 cm³/mol. The Bertz CT molecular complexity index is 971. The molecule has 3 saturated heterocycles. The summed E-state index contributed by atoms with van der Waals surface area (Å²) < 4.78 is 16.8. The number of carbonyl (C=O) groups is 1. The maximum Gasteiger partial charge on any atom is 0.341 e. The van der Waals surface area contributed by atoms with Crippen molar-refractivity contribution >= 4 is 22.6 Å². The smallest absolute Gasteiger partial charge is 0.341 e. The minimum Gasteiger partial charge on any atom is -0.477 e. The molecule has 27 heavy (non-hydrogen) atoms. The maximum atomic E-state index is 15.1. The van der Waals surface area contributed by atoms with Crippen molar-refractivity contribution in [3.05, 3.63) is 39.9 Å². The average molecular weight is 373 g/mol. The molecule has 3 aliphatic rings. The van der Waals surface area contributed by atoms with E-state index in [4.69, 9.17) is 0 Å². The van der Waals surface area contributed by atoms with E-state index in [1.807, 2.05) is 6.92 Å². The Balaban J connectivity index is 1.88. The first-order valence-corrected chi connectivity index (χ1v) is 9.44. The second-order valence-electron chi connectivity index (χ2n) is 7.75. The highest BCUT2D eigenvalue weighted by molar-refractivity contribution is 5.93. The zero-order valence-corrected chi connectivity index (χ0v) is 15.6. The highest BCUT2D eigenvalue weighted by Crippen LogP contribution is 2.34. The number of aryl methyl sites for hydroxylation is 1. The lowest BCUT2D eigenvalue weighted by molar-refractivity contribution is 0.0695. The van der Waals surface area contributed by atoms with E-state index in [1.165, 1.54) is 12.3 Å². The number of likely N-dealkylation sites (N-methyl/N-ethyl adjacent to an activating group) is 1. The van der Waals surface area contributed by atoms with E-state index >= 15 is 4.39 Å². The fourth-order valence-electron chi connectivity index (χ4n) is 4.64. The molecule has 1 aromatic carbocycles. The van der Waals surface area contributed by atoms with Crippen molar-refractivity contribution in [3.63, 3.8) is 0 Å². The number of rotatable bonds is 3. The summed E-state index contributed by atoms with van der Waals surface area (Å²) in [6.07, 6.45) is 3.55. The molecule has 1 N–H and O–H groups in total. The maximum absolute atomic E-state index is 15.1. The summed E-state index contributed by atoms with van der Waals surface area (Å²) in [5, 5.41) is 9.40. The van der Waals surface area contributed by atoms with Crippen molar-refractivity contribution in [1.82, 2.24) is 9.47 Å². The number of nitrogens with zero attached hydrogens (tertiary/aromatic N) is 3. The molecule has 5 rings (SSSR count). The number of aromatic nitrogens is 1. The Morgan fingerprint density at radius 2 is 2.04 bits per heavy atom. The second-order valence-corrected chi connectivity index (χ2v) is 7.75. The van der Waals surface area contributed by atoms with Crippen LogP contribution in [0.15, 0.2) is 23.1 Å². The lowest BCUT2D eigenvalue weighted by atomic mass is 9.94. The molecule has 0 radical (unpaired) electrons. The molecule has 0 amide bonds. The van der Waals surface area contributed by atoms with Crippen molar-refractivity contribution in [1.29, 1.82) is 0 Å². The number of hydrogen-bond donors (Lipinski definition) is 1. The van der Waals surface area contributed by atoms with Crippen molar-refractivity contribution < 1.29 is 14.3 Å². The Labute approximate surface area is 156 Å². The molecule has 0 spiro atoms. The molecule has 0 aliphatic carbocycles. The zero-order valence-electron chi connectivity index (χ0n) is 15.6. The number of aromatic carboxylic acids is 1. The number of benzene rings is 1. The fourth-order valence-corrected chi connectivity index (χ4v) is 4.64. The predicted octanol–water partition coefficient (Wildman–Crippen LogP) is 2.39. The average Bonchev–Trinajstić information content (AvgIpc) is 2.90. The lowest BCUT2D eigenvalue weighted by Gasteiger charge is -2.38. The van der Waals surface area contributed by atoms with Gasteiger partial charge in [0.05, 0.1) is 11.2 Å². The van der Waals surface area contributed by atoms with E-state index in [1.54, 1.807) is 10.6 Å². The summed E-state index contributed by atoms with van der Waals surface area (Å²) in [5.41, 5.74) is 0.131. The number of piperidine rings is 1. The Morgan fingerprint density at radius 1 is 1.26 bits per heavy atom. The summed E-state index contributed by atoms with van der Waals surface area (Å²) in [5.74, 6) is -1.24. The molecule has 4 heterocycles. The van der Waals surface area contributed by atoms with Gasteiger partial charge in [-0.15, -0.1) is 0 Å². The van der Waals surface area contributed by atoms with Crippen LogP contribution in [-0.4, -0.2) is 53.3 Å².